The topological polar surface area (TPSA) is 86.2 Å². The minimum Gasteiger partial charge on any atom is -0.393 e. The lowest BCUT2D eigenvalue weighted by Crippen LogP contribution is -2.05. The standard InChI is InChI=1S/C9H10N2O3/c1-5-3-4-7(6(2)12)8(10)9(5)11(13)14/h3-4H,10H2,1-2H3. The van der Waals surface area contributed by atoms with Crippen molar-refractivity contribution in [1.82, 2.24) is 0 Å². The van der Waals surface area contributed by atoms with Crippen molar-refractivity contribution in [2.45, 2.75) is 13.8 Å². The third kappa shape index (κ3) is 1.56. The molecule has 0 bridgehead atoms. The maximum Gasteiger partial charge on any atom is 0.295 e. The highest BCUT2D eigenvalue weighted by atomic mass is 16.6. The molecule has 5 heteroatoms. The second-order valence-electron chi connectivity index (χ2n) is 3.01. The Morgan fingerprint density at radius 2 is 2.07 bits per heavy atom. The number of nitrogens with zero attached hydrogens (tertiary/aromatic N) is 1. The maximum absolute atomic E-state index is 11.0. The number of nitro groups is 1. The fourth-order valence-electron chi connectivity index (χ4n) is 1.27. The second kappa shape index (κ2) is 3.45. The molecule has 1 aromatic rings. The third-order valence-electron chi connectivity index (χ3n) is 1.98. The van der Waals surface area contributed by atoms with E-state index in [4.69, 9.17) is 5.73 Å². The van der Waals surface area contributed by atoms with Crippen LogP contribution >= 0.6 is 0 Å². The van der Waals surface area contributed by atoms with Gasteiger partial charge in [-0.2, -0.15) is 0 Å². The zero-order valence-corrected chi connectivity index (χ0v) is 7.90. The van der Waals surface area contributed by atoms with Gasteiger partial charge in [0.25, 0.3) is 5.69 Å². The van der Waals surface area contributed by atoms with Crippen LogP contribution in [0.1, 0.15) is 22.8 Å². The van der Waals surface area contributed by atoms with Crippen LogP contribution in [0.4, 0.5) is 11.4 Å². The molecule has 0 unspecified atom stereocenters. The predicted octanol–water partition coefficient (Wildman–Crippen LogP) is 1.69. The van der Waals surface area contributed by atoms with Gasteiger partial charge in [0.15, 0.2) is 5.78 Å². The summed E-state index contributed by atoms with van der Waals surface area (Å²) in [6.45, 7) is 2.91. The summed E-state index contributed by atoms with van der Waals surface area (Å²) in [5.41, 5.74) is 5.94. The van der Waals surface area contributed by atoms with Crippen LogP contribution in [0, 0.1) is 17.0 Å². The van der Waals surface area contributed by atoms with Gasteiger partial charge in [-0.3, -0.25) is 14.9 Å². The molecule has 5 nitrogen and oxygen atoms in total. The molecule has 14 heavy (non-hydrogen) atoms. The number of carbonyl (C=O) groups is 1. The molecule has 0 aromatic heterocycles. The number of rotatable bonds is 2. The Labute approximate surface area is 80.7 Å². The molecule has 2 N–H and O–H groups in total. The molecule has 74 valence electrons. The number of ketones is 1. The highest BCUT2D eigenvalue weighted by Gasteiger charge is 2.19. The van der Waals surface area contributed by atoms with Crippen LogP contribution in [0.3, 0.4) is 0 Å². The van der Waals surface area contributed by atoms with E-state index in [-0.39, 0.29) is 22.7 Å². The summed E-state index contributed by atoms with van der Waals surface area (Å²) in [6, 6.07) is 3.02. The van der Waals surface area contributed by atoms with Gasteiger partial charge in [0.05, 0.1) is 4.92 Å². The molecule has 0 saturated carbocycles. The van der Waals surface area contributed by atoms with Crippen molar-refractivity contribution in [2.24, 2.45) is 0 Å². The highest BCUT2D eigenvalue weighted by molar-refractivity contribution is 6.01. The SMILES string of the molecule is CC(=O)c1ccc(C)c([N+](=O)[O-])c1N. The lowest BCUT2D eigenvalue weighted by atomic mass is 10.0. The van der Waals surface area contributed by atoms with Gasteiger partial charge < -0.3 is 5.73 Å². The number of nitro benzene ring substituents is 1. The Balaban J connectivity index is 3.49. The lowest BCUT2D eigenvalue weighted by Gasteiger charge is -2.04. The Morgan fingerprint density at radius 3 is 2.50 bits per heavy atom. The molecular weight excluding hydrogens is 184 g/mol. The van der Waals surface area contributed by atoms with Gasteiger partial charge in [-0.15, -0.1) is 0 Å². The van der Waals surface area contributed by atoms with Gasteiger partial charge in [-0.05, 0) is 19.9 Å². The first kappa shape index (κ1) is 10.2. The fourth-order valence-corrected chi connectivity index (χ4v) is 1.27. The lowest BCUT2D eigenvalue weighted by molar-refractivity contribution is -0.384. The van der Waals surface area contributed by atoms with Gasteiger partial charge in [-0.1, -0.05) is 6.07 Å². The van der Waals surface area contributed by atoms with E-state index in [0.717, 1.165) is 0 Å². The van der Waals surface area contributed by atoms with Crippen molar-refractivity contribution in [2.75, 3.05) is 5.73 Å². The molecule has 0 aliphatic heterocycles. The third-order valence-corrected chi connectivity index (χ3v) is 1.98. The Hall–Kier alpha value is -1.91. The molecule has 0 radical (unpaired) electrons. The first-order valence-corrected chi connectivity index (χ1v) is 3.99. The van der Waals surface area contributed by atoms with E-state index >= 15 is 0 Å². The van der Waals surface area contributed by atoms with E-state index in [2.05, 4.69) is 0 Å². The molecule has 0 saturated heterocycles. The van der Waals surface area contributed by atoms with Crippen LogP contribution in [-0.4, -0.2) is 10.7 Å². The van der Waals surface area contributed by atoms with E-state index in [1.54, 1.807) is 6.92 Å². The van der Waals surface area contributed by atoms with E-state index < -0.39 is 4.92 Å². The number of benzene rings is 1. The Bertz CT molecular complexity index is 413. The number of aryl methyl sites for hydroxylation is 1. The number of hydrogen-bond donors (Lipinski definition) is 1. The van der Waals surface area contributed by atoms with Crippen molar-refractivity contribution >= 4 is 17.2 Å². The van der Waals surface area contributed by atoms with Gasteiger partial charge in [0, 0.05) is 11.1 Å². The molecule has 0 heterocycles. The highest BCUT2D eigenvalue weighted by Crippen LogP contribution is 2.29. The van der Waals surface area contributed by atoms with Crippen LogP contribution in [0.25, 0.3) is 0 Å². The molecule has 0 atom stereocenters. The van der Waals surface area contributed by atoms with Crippen LogP contribution in [0.2, 0.25) is 0 Å². The summed E-state index contributed by atoms with van der Waals surface area (Å²) in [4.78, 5) is 21.1. The van der Waals surface area contributed by atoms with E-state index in [9.17, 15) is 14.9 Å². The number of nitrogen functional groups attached to an aromatic ring is 1. The summed E-state index contributed by atoms with van der Waals surface area (Å²) in [5.74, 6) is -0.273. The summed E-state index contributed by atoms with van der Waals surface area (Å²) < 4.78 is 0. The predicted molar refractivity (Wildman–Crippen MR) is 52.3 cm³/mol. The first-order chi connectivity index (χ1) is 6.45. The molecule has 0 aliphatic rings. The Kier molecular flexibility index (Phi) is 2.51. The van der Waals surface area contributed by atoms with Crippen molar-refractivity contribution in [1.29, 1.82) is 0 Å². The first-order valence-electron chi connectivity index (χ1n) is 3.99. The van der Waals surface area contributed by atoms with Crippen molar-refractivity contribution in [3.05, 3.63) is 33.4 Å². The summed E-state index contributed by atoms with van der Waals surface area (Å²) in [6.07, 6.45) is 0. The van der Waals surface area contributed by atoms with E-state index in [1.165, 1.54) is 19.1 Å². The molecule has 0 aliphatic carbocycles. The molecule has 1 rings (SSSR count). The number of nitrogens with two attached hydrogens (primary N) is 1. The van der Waals surface area contributed by atoms with Crippen molar-refractivity contribution < 1.29 is 9.72 Å². The zero-order valence-electron chi connectivity index (χ0n) is 7.90. The normalized spacial score (nSPS) is 9.86. The number of Topliss-reactive ketones (excluding diaryl/α,β-unsaturated/α-hetero) is 1. The van der Waals surface area contributed by atoms with Gasteiger partial charge in [0.2, 0.25) is 0 Å². The average Bonchev–Trinajstić information content (AvgIpc) is 2.02. The minimum atomic E-state index is -0.572. The van der Waals surface area contributed by atoms with Gasteiger partial charge in [0.1, 0.15) is 5.69 Å². The Morgan fingerprint density at radius 1 is 1.50 bits per heavy atom. The average molecular weight is 194 g/mol. The van der Waals surface area contributed by atoms with Gasteiger partial charge >= 0.3 is 0 Å². The maximum atomic E-state index is 11.0. The van der Waals surface area contributed by atoms with E-state index in [0.29, 0.717) is 5.56 Å². The minimum absolute atomic E-state index is 0.0532. The van der Waals surface area contributed by atoms with Crippen molar-refractivity contribution in [3.63, 3.8) is 0 Å². The summed E-state index contributed by atoms with van der Waals surface area (Å²) in [7, 11) is 0. The van der Waals surface area contributed by atoms with Crippen LogP contribution < -0.4 is 5.73 Å². The zero-order chi connectivity index (χ0) is 10.9. The monoisotopic (exact) mass is 194 g/mol. The van der Waals surface area contributed by atoms with Crippen LogP contribution in [0.5, 0.6) is 0 Å². The van der Waals surface area contributed by atoms with Crippen LogP contribution in [0.15, 0.2) is 12.1 Å². The quantitative estimate of drug-likeness (QED) is 0.336. The summed E-state index contributed by atoms with van der Waals surface area (Å²) >= 11 is 0. The second-order valence-corrected chi connectivity index (χ2v) is 3.01. The molecule has 1 aromatic carbocycles. The van der Waals surface area contributed by atoms with Crippen molar-refractivity contribution in [3.8, 4) is 0 Å². The van der Waals surface area contributed by atoms with Gasteiger partial charge in [-0.25, -0.2) is 0 Å². The molecular formula is C9H10N2O3. The number of hydrogen-bond acceptors (Lipinski definition) is 4. The fraction of sp³-hybridized carbons (Fsp3) is 0.222. The largest absolute Gasteiger partial charge is 0.393 e. The number of carbonyl (C=O) groups excluding carboxylic acids is 1. The molecule has 0 fully saturated rings. The van der Waals surface area contributed by atoms with E-state index in [1.807, 2.05) is 0 Å². The smallest absolute Gasteiger partial charge is 0.295 e. The summed E-state index contributed by atoms with van der Waals surface area (Å²) in [5, 5.41) is 10.6. The molecule has 0 amide bonds. The molecule has 0 spiro atoms. The number of anilines is 1. The van der Waals surface area contributed by atoms with Crippen LogP contribution in [-0.2, 0) is 0 Å².